The van der Waals surface area contributed by atoms with Crippen molar-refractivity contribution in [3.8, 4) is 0 Å². The van der Waals surface area contributed by atoms with Crippen molar-refractivity contribution in [2.75, 3.05) is 13.2 Å². The van der Waals surface area contributed by atoms with E-state index in [9.17, 15) is 4.79 Å². The van der Waals surface area contributed by atoms with Crippen LogP contribution in [0.2, 0.25) is 5.02 Å². The summed E-state index contributed by atoms with van der Waals surface area (Å²) in [5.74, 6) is 0.256. The summed E-state index contributed by atoms with van der Waals surface area (Å²) in [7, 11) is 0. The Kier molecular flexibility index (Phi) is 5.80. The van der Waals surface area contributed by atoms with Crippen LogP contribution in [0.15, 0.2) is 41.5 Å². The Morgan fingerprint density at radius 1 is 1.23 bits per heavy atom. The Morgan fingerprint density at radius 3 is 2.67 bits per heavy atom. The lowest BCUT2D eigenvalue weighted by Crippen LogP contribution is -2.55. The number of halogens is 1. The summed E-state index contributed by atoms with van der Waals surface area (Å²) in [6.45, 7) is 5.20. The monoisotopic (exact) mass is 426 g/mol. The number of rotatable bonds is 4. The highest BCUT2D eigenvalue weighted by Crippen LogP contribution is 2.39. The number of aryl methyl sites for hydroxylation is 1. The van der Waals surface area contributed by atoms with Gasteiger partial charge in [0.2, 0.25) is 5.91 Å². The van der Waals surface area contributed by atoms with Gasteiger partial charge >= 0.3 is 0 Å². The van der Waals surface area contributed by atoms with Gasteiger partial charge in [0.15, 0.2) is 5.96 Å². The van der Waals surface area contributed by atoms with Gasteiger partial charge in [0.25, 0.3) is 0 Å². The van der Waals surface area contributed by atoms with Crippen LogP contribution in [0.1, 0.15) is 48.6 Å². The van der Waals surface area contributed by atoms with E-state index in [0.29, 0.717) is 24.7 Å². The average molecular weight is 427 g/mol. The van der Waals surface area contributed by atoms with Crippen LogP contribution in [0.4, 0.5) is 0 Å². The molecule has 1 fully saturated rings. The van der Waals surface area contributed by atoms with E-state index in [1.54, 1.807) is 11.1 Å². The molecular formula is C23H27ClN4O2. The molecule has 2 aromatic rings. The molecule has 1 aromatic heterocycles. The van der Waals surface area contributed by atoms with E-state index in [1.165, 1.54) is 0 Å². The SMILES string of the molecule is Cc1ncccc1Cc1cccc([C@]2(C)CC(=O)N(C3CCOCC3)C(N)=N2)c1Cl. The molecule has 0 aliphatic carbocycles. The molecule has 0 unspecified atom stereocenters. The third-order valence-electron chi connectivity index (χ3n) is 6.08. The second kappa shape index (κ2) is 8.36. The molecule has 0 radical (unpaired) electrons. The van der Waals surface area contributed by atoms with E-state index in [1.807, 2.05) is 38.1 Å². The van der Waals surface area contributed by atoms with E-state index in [2.05, 4.69) is 11.1 Å². The molecule has 0 spiro atoms. The van der Waals surface area contributed by atoms with Gasteiger partial charge in [0.05, 0.1) is 12.0 Å². The van der Waals surface area contributed by atoms with Crippen molar-refractivity contribution in [1.82, 2.24) is 9.88 Å². The second-order valence-corrected chi connectivity index (χ2v) is 8.61. The predicted octanol–water partition coefficient (Wildman–Crippen LogP) is 3.58. The number of aromatic nitrogens is 1. The number of nitrogens with two attached hydrogens (primary N) is 1. The lowest BCUT2D eigenvalue weighted by Gasteiger charge is -2.40. The zero-order chi connectivity index (χ0) is 21.3. The number of benzene rings is 1. The molecular weight excluding hydrogens is 400 g/mol. The quantitative estimate of drug-likeness (QED) is 0.810. The average Bonchev–Trinajstić information content (AvgIpc) is 2.71. The minimum Gasteiger partial charge on any atom is -0.381 e. The molecule has 1 aromatic carbocycles. The molecule has 158 valence electrons. The maximum atomic E-state index is 13.1. The molecule has 0 bridgehead atoms. The number of amides is 1. The van der Waals surface area contributed by atoms with Gasteiger partial charge in [-0.05, 0) is 49.4 Å². The number of aliphatic imine (C=N–C) groups is 1. The van der Waals surface area contributed by atoms with E-state index in [-0.39, 0.29) is 24.3 Å². The van der Waals surface area contributed by atoms with E-state index in [4.69, 9.17) is 27.1 Å². The van der Waals surface area contributed by atoms with Crippen LogP contribution in [0.5, 0.6) is 0 Å². The molecule has 2 N–H and O–H groups in total. The summed E-state index contributed by atoms with van der Waals surface area (Å²) in [5.41, 5.74) is 9.43. The minimum absolute atomic E-state index is 0.0125. The van der Waals surface area contributed by atoms with E-state index >= 15 is 0 Å². The Hall–Kier alpha value is -2.44. The minimum atomic E-state index is -0.792. The summed E-state index contributed by atoms with van der Waals surface area (Å²) in [4.78, 5) is 23.9. The molecule has 3 heterocycles. The van der Waals surface area contributed by atoms with Crippen LogP contribution in [-0.4, -0.2) is 41.0 Å². The molecule has 30 heavy (non-hydrogen) atoms. The van der Waals surface area contributed by atoms with Crippen molar-refractivity contribution in [1.29, 1.82) is 0 Å². The summed E-state index contributed by atoms with van der Waals surface area (Å²) in [5, 5.41) is 0.632. The van der Waals surface area contributed by atoms with Gasteiger partial charge in [0, 0.05) is 42.6 Å². The highest BCUT2D eigenvalue weighted by molar-refractivity contribution is 6.32. The van der Waals surface area contributed by atoms with Crippen molar-refractivity contribution < 1.29 is 9.53 Å². The van der Waals surface area contributed by atoms with Gasteiger partial charge < -0.3 is 10.5 Å². The Labute approximate surface area is 182 Å². The van der Waals surface area contributed by atoms with Crippen molar-refractivity contribution in [2.45, 2.75) is 51.1 Å². The Morgan fingerprint density at radius 2 is 1.97 bits per heavy atom. The van der Waals surface area contributed by atoms with Crippen LogP contribution in [0, 0.1) is 6.92 Å². The molecule has 1 atom stereocenters. The van der Waals surface area contributed by atoms with Crippen LogP contribution in [0.3, 0.4) is 0 Å². The third kappa shape index (κ3) is 3.94. The Bertz CT molecular complexity index is 987. The molecule has 7 heteroatoms. The summed E-state index contributed by atoms with van der Waals surface area (Å²) >= 11 is 6.84. The fraction of sp³-hybridized carbons (Fsp3) is 0.435. The van der Waals surface area contributed by atoms with Crippen molar-refractivity contribution in [3.05, 3.63) is 63.9 Å². The van der Waals surface area contributed by atoms with Crippen LogP contribution >= 0.6 is 11.6 Å². The molecule has 1 saturated heterocycles. The standard InChI is InChI=1S/C23H27ClN4O2/c1-15-16(6-4-10-26-15)13-17-5-3-7-19(21(17)24)23(2)14-20(29)28(22(25)27-23)18-8-11-30-12-9-18/h3-7,10,18H,8-9,11-14H2,1-2H3,(H2,25,27)/t23-/m0/s1. The first-order valence-electron chi connectivity index (χ1n) is 10.3. The van der Waals surface area contributed by atoms with Gasteiger partial charge in [-0.25, -0.2) is 4.99 Å². The zero-order valence-electron chi connectivity index (χ0n) is 17.4. The van der Waals surface area contributed by atoms with Gasteiger partial charge in [-0.3, -0.25) is 14.7 Å². The zero-order valence-corrected chi connectivity index (χ0v) is 18.2. The van der Waals surface area contributed by atoms with Gasteiger partial charge in [-0.15, -0.1) is 0 Å². The van der Waals surface area contributed by atoms with Gasteiger partial charge in [-0.1, -0.05) is 35.9 Å². The molecule has 2 aliphatic heterocycles. The molecule has 0 saturated carbocycles. The first kappa shape index (κ1) is 20.8. The first-order chi connectivity index (χ1) is 14.4. The number of carbonyl (C=O) groups excluding carboxylic acids is 1. The number of guanidine groups is 1. The van der Waals surface area contributed by atoms with Crippen LogP contribution in [0.25, 0.3) is 0 Å². The second-order valence-electron chi connectivity index (χ2n) is 8.23. The maximum Gasteiger partial charge on any atom is 0.232 e. The highest BCUT2D eigenvalue weighted by atomic mass is 35.5. The van der Waals surface area contributed by atoms with Gasteiger partial charge in [0.1, 0.15) is 0 Å². The summed E-state index contributed by atoms with van der Waals surface area (Å²) < 4.78 is 5.42. The normalized spacial score (nSPS) is 22.8. The van der Waals surface area contributed by atoms with E-state index < -0.39 is 5.54 Å². The third-order valence-corrected chi connectivity index (χ3v) is 6.53. The van der Waals surface area contributed by atoms with Crippen LogP contribution < -0.4 is 5.73 Å². The lowest BCUT2D eigenvalue weighted by molar-refractivity contribution is -0.132. The number of carbonyl (C=O) groups is 1. The predicted molar refractivity (Wildman–Crippen MR) is 118 cm³/mol. The fourth-order valence-electron chi connectivity index (χ4n) is 4.38. The van der Waals surface area contributed by atoms with Crippen molar-refractivity contribution in [3.63, 3.8) is 0 Å². The Balaban J connectivity index is 1.66. The maximum absolute atomic E-state index is 13.1. The van der Waals surface area contributed by atoms with Crippen molar-refractivity contribution >= 4 is 23.5 Å². The van der Waals surface area contributed by atoms with Crippen molar-refractivity contribution in [2.24, 2.45) is 10.7 Å². The fourth-order valence-corrected chi connectivity index (χ4v) is 4.78. The number of nitrogens with zero attached hydrogens (tertiary/aromatic N) is 3. The topological polar surface area (TPSA) is 80.8 Å². The smallest absolute Gasteiger partial charge is 0.232 e. The summed E-state index contributed by atoms with van der Waals surface area (Å²) in [6, 6.07) is 9.95. The highest BCUT2D eigenvalue weighted by Gasteiger charge is 2.41. The van der Waals surface area contributed by atoms with Gasteiger partial charge in [-0.2, -0.15) is 0 Å². The van der Waals surface area contributed by atoms with Crippen LogP contribution in [-0.2, 0) is 21.5 Å². The molecule has 6 nitrogen and oxygen atoms in total. The molecule has 1 amide bonds. The largest absolute Gasteiger partial charge is 0.381 e. The molecule has 2 aliphatic rings. The summed E-state index contributed by atoms with van der Waals surface area (Å²) in [6.07, 6.45) is 4.25. The number of ether oxygens (including phenoxy) is 1. The van der Waals surface area contributed by atoms with E-state index in [0.717, 1.165) is 35.2 Å². The number of hydrogen-bond donors (Lipinski definition) is 1. The lowest BCUT2D eigenvalue weighted by atomic mass is 9.85. The first-order valence-corrected chi connectivity index (χ1v) is 10.7. The molecule has 4 rings (SSSR count). The number of hydrogen-bond acceptors (Lipinski definition) is 5. The number of pyridine rings is 1.